The Morgan fingerprint density at radius 3 is 2.82 bits per heavy atom. The SMILES string of the molecule is CC(C)[C@H]1OCCC[C@@H]1Nc1ccnc(N2CCC(Cn3ccnn3)CC2)n1. The molecule has 4 heterocycles. The smallest absolute Gasteiger partial charge is 0.227 e. The third-order valence-corrected chi connectivity index (χ3v) is 5.81. The summed E-state index contributed by atoms with van der Waals surface area (Å²) in [6.45, 7) is 8.20. The summed E-state index contributed by atoms with van der Waals surface area (Å²) >= 11 is 0. The number of hydrogen-bond acceptors (Lipinski definition) is 7. The van der Waals surface area contributed by atoms with Gasteiger partial charge in [-0.05, 0) is 43.6 Å². The van der Waals surface area contributed by atoms with Crippen molar-refractivity contribution >= 4 is 11.8 Å². The van der Waals surface area contributed by atoms with Gasteiger partial charge in [0, 0.05) is 38.6 Å². The van der Waals surface area contributed by atoms with Crippen LogP contribution in [-0.2, 0) is 11.3 Å². The molecule has 2 saturated heterocycles. The molecule has 2 aliphatic heterocycles. The molecule has 0 amide bonds. The zero-order valence-corrected chi connectivity index (χ0v) is 16.9. The molecular formula is C20H31N7O. The van der Waals surface area contributed by atoms with Crippen molar-refractivity contribution < 1.29 is 4.74 Å². The first kappa shape index (κ1) is 19.1. The van der Waals surface area contributed by atoms with Crippen LogP contribution in [0.5, 0.6) is 0 Å². The number of piperidine rings is 1. The van der Waals surface area contributed by atoms with Crippen LogP contribution in [0.3, 0.4) is 0 Å². The van der Waals surface area contributed by atoms with E-state index in [-0.39, 0.29) is 6.10 Å². The lowest BCUT2D eigenvalue weighted by molar-refractivity contribution is -0.0203. The Bertz CT molecular complexity index is 728. The largest absolute Gasteiger partial charge is 0.376 e. The molecule has 0 unspecified atom stereocenters. The lowest BCUT2D eigenvalue weighted by atomic mass is 9.94. The van der Waals surface area contributed by atoms with Gasteiger partial charge < -0.3 is 15.0 Å². The van der Waals surface area contributed by atoms with Crippen LogP contribution in [-0.4, -0.2) is 56.8 Å². The third-order valence-electron chi connectivity index (χ3n) is 5.81. The quantitative estimate of drug-likeness (QED) is 0.818. The highest BCUT2D eigenvalue weighted by molar-refractivity contribution is 5.42. The highest BCUT2D eigenvalue weighted by Gasteiger charge is 2.29. The zero-order chi connectivity index (χ0) is 19.3. The van der Waals surface area contributed by atoms with Gasteiger partial charge in [0.05, 0.1) is 18.3 Å². The number of nitrogens with one attached hydrogen (secondary N) is 1. The van der Waals surface area contributed by atoms with Crippen LogP contribution in [0.25, 0.3) is 0 Å². The van der Waals surface area contributed by atoms with Crippen molar-refractivity contribution in [2.45, 2.75) is 58.2 Å². The lowest BCUT2D eigenvalue weighted by Crippen LogP contribution is -2.43. The van der Waals surface area contributed by atoms with E-state index >= 15 is 0 Å². The second-order valence-electron chi connectivity index (χ2n) is 8.27. The molecule has 8 heteroatoms. The number of rotatable bonds is 6. The van der Waals surface area contributed by atoms with Gasteiger partial charge in [0.1, 0.15) is 5.82 Å². The summed E-state index contributed by atoms with van der Waals surface area (Å²) < 4.78 is 7.93. The van der Waals surface area contributed by atoms with Crippen LogP contribution in [0, 0.1) is 11.8 Å². The molecule has 2 fully saturated rings. The molecule has 2 aromatic rings. The minimum absolute atomic E-state index is 0.236. The Morgan fingerprint density at radius 1 is 1.21 bits per heavy atom. The first-order chi connectivity index (χ1) is 13.7. The molecule has 2 aliphatic rings. The molecule has 0 saturated carbocycles. The Morgan fingerprint density at radius 2 is 2.07 bits per heavy atom. The third kappa shape index (κ3) is 4.60. The van der Waals surface area contributed by atoms with Gasteiger partial charge in [0.25, 0.3) is 0 Å². The first-order valence-electron chi connectivity index (χ1n) is 10.5. The summed E-state index contributed by atoms with van der Waals surface area (Å²) in [5.74, 6) is 2.84. The average Bonchev–Trinajstić information content (AvgIpc) is 3.22. The molecule has 8 nitrogen and oxygen atoms in total. The molecule has 0 radical (unpaired) electrons. The van der Waals surface area contributed by atoms with Gasteiger partial charge in [-0.2, -0.15) is 4.98 Å². The van der Waals surface area contributed by atoms with Crippen molar-refractivity contribution in [1.29, 1.82) is 0 Å². The summed E-state index contributed by atoms with van der Waals surface area (Å²) in [7, 11) is 0. The first-order valence-corrected chi connectivity index (χ1v) is 10.5. The predicted octanol–water partition coefficient (Wildman–Crippen LogP) is 2.60. The minimum Gasteiger partial charge on any atom is -0.376 e. The fraction of sp³-hybridized carbons (Fsp3) is 0.700. The summed E-state index contributed by atoms with van der Waals surface area (Å²) in [6, 6.07) is 2.28. The number of hydrogen-bond donors (Lipinski definition) is 1. The lowest BCUT2D eigenvalue weighted by Gasteiger charge is -2.35. The maximum Gasteiger partial charge on any atom is 0.227 e. The fourth-order valence-corrected chi connectivity index (χ4v) is 4.30. The van der Waals surface area contributed by atoms with Gasteiger partial charge in [-0.1, -0.05) is 19.1 Å². The maximum absolute atomic E-state index is 6.00. The van der Waals surface area contributed by atoms with Crippen LogP contribution in [0.1, 0.15) is 39.5 Å². The maximum atomic E-state index is 6.00. The Balaban J connectivity index is 1.35. The summed E-state index contributed by atoms with van der Waals surface area (Å²) in [5.41, 5.74) is 0. The Kier molecular flexibility index (Phi) is 6.04. The minimum atomic E-state index is 0.236. The van der Waals surface area contributed by atoms with Gasteiger partial charge in [0.2, 0.25) is 5.95 Å². The molecular weight excluding hydrogens is 354 g/mol. The standard InChI is InChI=1S/C20H31N7O/c1-15(2)19-17(4-3-13-28-19)23-18-5-8-21-20(24-18)26-10-6-16(7-11-26)14-27-12-9-22-25-27/h5,8-9,12,15-17,19H,3-4,6-7,10-11,13-14H2,1-2H3,(H,21,23,24)/t17-,19+/m0/s1. The Hall–Kier alpha value is -2.22. The number of ether oxygens (including phenoxy) is 1. The van der Waals surface area contributed by atoms with Crippen molar-refractivity contribution in [2.24, 2.45) is 11.8 Å². The normalized spacial score (nSPS) is 23.9. The number of anilines is 2. The molecule has 2 atom stereocenters. The van der Waals surface area contributed by atoms with E-state index in [9.17, 15) is 0 Å². The number of nitrogens with zero attached hydrogens (tertiary/aromatic N) is 6. The highest BCUT2D eigenvalue weighted by Crippen LogP contribution is 2.25. The van der Waals surface area contributed by atoms with Crippen LogP contribution < -0.4 is 10.2 Å². The van der Waals surface area contributed by atoms with Crippen molar-refractivity contribution in [1.82, 2.24) is 25.0 Å². The molecule has 2 aromatic heterocycles. The molecule has 0 bridgehead atoms. The van der Waals surface area contributed by atoms with Gasteiger partial charge in [-0.25, -0.2) is 4.98 Å². The van der Waals surface area contributed by atoms with Crippen LogP contribution >= 0.6 is 0 Å². The van der Waals surface area contributed by atoms with Crippen molar-refractivity contribution in [3.05, 3.63) is 24.7 Å². The summed E-state index contributed by atoms with van der Waals surface area (Å²) in [6.07, 6.45) is 10.2. The van der Waals surface area contributed by atoms with Gasteiger partial charge in [0.15, 0.2) is 0 Å². The summed E-state index contributed by atoms with van der Waals surface area (Å²) in [5, 5.41) is 11.6. The highest BCUT2D eigenvalue weighted by atomic mass is 16.5. The molecule has 0 spiro atoms. The van der Waals surface area contributed by atoms with Gasteiger partial charge in [-0.15, -0.1) is 5.10 Å². The van der Waals surface area contributed by atoms with E-state index in [1.54, 1.807) is 6.20 Å². The van der Waals surface area contributed by atoms with Crippen LogP contribution in [0.4, 0.5) is 11.8 Å². The van der Waals surface area contributed by atoms with Crippen LogP contribution in [0.2, 0.25) is 0 Å². The van der Waals surface area contributed by atoms with Gasteiger partial charge >= 0.3 is 0 Å². The van der Waals surface area contributed by atoms with E-state index in [4.69, 9.17) is 9.72 Å². The zero-order valence-electron chi connectivity index (χ0n) is 16.9. The fourth-order valence-electron chi connectivity index (χ4n) is 4.30. The van der Waals surface area contributed by atoms with E-state index < -0.39 is 0 Å². The van der Waals surface area contributed by atoms with E-state index in [1.165, 1.54) is 0 Å². The molecule has 152 valence electrons. The van der Waals surface area contributed by atoms with Crippen molar-refractivity contribution in [2.75, 3.05) is 29.9 Å². The average molecular weight is 386 g/mol. The molecule has 0 aliphatic carbocycles. The van der Waals surface area contributed by atoms with E-state index in [1.807, 2.05) is 23.1 Å². The van der Waals surface area contributed by atoms with E-state index in [2.05, 4.69) is 39.4 Å². The van der Waals surface area contributed by atoms with Gasteiger partial charge in [-0.3, -0.25) is 4.68 Å². The second-order valence-corrected chi connectivity index (χ2v) is 8.27. The van der Waals surface area contributed by atoms with Crippen LogP contribution in [0.15, 0.2) is 24.7 Å². The molecule has 28 heavy (non-hydrogen) atoms. The topological polar surface area (TPSA) is 81.0 Å². The summed E-state index contributed by atoms with van der Waals surface area (Å²) in [4.78, 5) is 11.6. The molecule has 1 N–H and O–H groups in total. The van der Waals surface area contributed by atoms with E-state index in [0.29, 0.717) is 17.9 Å². The Labute approximate surface area is 166 Å². The second kappa shape index (κ2) is 8.86. The van der Waals surface area contributed by atoms with E-state index in [0.717, 1.165) is 63.7 Å². The molecule has 0 aromatic carbocycles. The molecule has 4 rings (SSSR count). The monoisotopic (exact) mass is 385 g/mol. The van der Waals surface area contributed by atoms with Crippen molar-refractivity contribution in [3.8, 4) is 0 Å². The van der Waals surface area contributed by atoms with Crippen molar-refractivity contribution in [3.63, 3.8) is 0 Å². The number of aromatic nitrogens is 5. The predicted molar refractivity (Wildman–Crippen MR) is 108 cm³/mol.